The van der Waals surface area contributed by atoms with Crippen LogP contribution in [-0.4, -0.2) is 106 Å². The molecule has 0 spiro atoms. The Labute approximate surface area is 203 Å². The lowest BCUT2D eigenvalue weighted by Crippen LogP contribution is -2.64. The zero-order valence-electron chi connectivity index (χ0n) is 20.7. The molecule has 0 aliphatic carbocycles. The Bertz CT molecular complexity index is 843. The van der Waals surface area contributed by atoms with E-state index in [0.717, 1.165) is 13.0 Å². The van der Waals surface area contributed by atoms with Crippen LogP contribution in [0.15, 0.2) is 4.99 Å². The number of rotatable bonds is 6. The number of hydrogen-bond acceptors (Lipinski definition) is 8. The number of nitrogens with one attached hydrogen (secondary N) is 2. The summed E-state index contributed by atoms with van der Waals surface area (Å²) < 4.78 is 39.4. The lowest BCUT2D eigenvalue weighted by atomic mass is 9.77. The second kappa shape index (κ2) is 11.3. The van der Waals surface area contributed by atoms with Crippen molar-refractivity contribution in [3.8, 4) is 0 Å². The Morgan fingerprint density at radius 3 is 2.53 bits per heavy atom. The van der Waals surface area contributed by atoms with Crippen LogP contribution in [0.3, 0.4) is 0 Å². The van der Waals surface area contributed by atoms with Gasteiger partial charge in [-0.15, -0.1) is 0 Å². The molecule has 3 aliphatic heterocycles. The molecule has 0 bridgehead atoms. The minimum absolute atomic E-state index is 0.0279. The Balaban J connectivity index is 1.72. The number of piperazine rings is 1. The average Bonchev–Trinajstić information content (AvgIpc) is 2.75. The molecule has 0 saturated carbocycles. The number of piperidine rings is 1. The first kappa shape index (κ1) is 27.4. The number of carbonyl (C=O) groups is 1. The third-order valence-corrected chi connectivity index (χ3v) is 8.60. The van der Waals surface area contributed by atoms with Crippen LogP contribution in [0.25, 0.3) is 0 Å². The summed E-state index contributed by atoms with van der Waals surface area (Å²) in [5.74, 6) is -1.11. The van der Waals surface area contributed by atoms with E-state index in [1.165, 1.54) is 10.6 Å². The summed E-state index contributed by atoms with van der Waals surface area (Å²) in [5, 5.41) is 6.49. The standard InChI is InChI=1S/C22H42FN7O3S/c1-22(2)6-4-15(23)13-27-16(12-22)19(20(24)25)21(31)28-17-14-26-7-5-18(17)29-8-10-30(11-9-29)34(3,32)33/h15,17-20,26H,4-14,24-25H2,1-3H3,(H,28,31). The highest BCUT2D eigenvalue weighted by Gasteiger charge is 2.38. The maximum absolute atomic E-state index is 14.2. The molecule has 0 aromatic heterocycles. The van der Waals surface area contributed by atoms with Crippen LogP contribution in [0.2, 0.25) is 0 Å². The maximum atomic E-state index is 14.2. The summed E-state index contributed by atoms with van der Waals surface area (Å²) in [6, 6.07) is -0.101. The first-order chi connectivity index (χ1) is 15.9. The molecule has 4 atom stereocenters. The number of amides is 1. The van der Waals surface area contributed by atoms with Crippen molar-refractivity contribution in [3.05, 3.63) is 0 Å². The van der Waals surface area contributed by atoms with Crippen LogP contribution in [-0.2, 0) is 14.8 Å². The molecule has 2 fully saturated rings. The number of alkyl halides is 1. The summed E-state index contributed by atoms with van der Waals surface area (Å²) in [4.78, 5) is 20.2. The van der Waals surface area contributed by atoms with Gasteiger partial charge < -0.3 is 22.1 Å². The second-order valence-corrected chi connectivity index (χ2v) is 12.7. The van der Waals surface area contributed by atoms with Gasteiger partial charge in [-0.2, -0.15) is 4.31 Å². The third kappa shape index (κ3) is 7.17. The zero-order chi connectivity index (χ0) is 25.1. The number of aliphatic imine (C=N–C) groups is 1. The van der Waals surface area contributed by atoms with E-state index >= 15 is 0 Å². The Morgan fingerprint density at radius 1 is 1.24 bits per heavy atom. The largest absolute Gasteiger partial charge is 0.350 e. The first-order valence-corrected chi connectivity index (χ1v) is 14.1. The van der Waals surface area contributed by atoms with Gasteiger partial charge in [0.25, 0.3) is 0 Å². The fraction of sp³-hybridized carbons (Fsp3) is 0.909. The van der Waals surface area contributed by atoms with Crippen LogP contribution >= 0.6 is 0 Å². The van der Waals surface area contributed by atoms with Crippen molar-refractivity contribution in [2.45, 2.75) is 64.0 Å². The Morgan fingerprint density at radius 2 is 1.91 bits per heavy atom. The highest BCUT2D eigenvalue weighted by atomic mass is 32.2. The van der Waals surface area contributed by atoms with E-state index in [4.69, 9.17) is 11.5 Å². The number of hydrogen-bond donors (Lipinski definition) is 4. The van der Waals surface area contributed by atoms with Gasteiger partial charge in [0.15, 0.2) is 0 Å². The van der Waals surface area contributed by atoms with Crippen molar-refractivity contribution < 1.29 is 17.6 Å². The number of sulfonamides is 1. The SMILES string of the molecule is CC1(C)CCC(F)CN=C(C(C(=O)NC2CNCCC2N2CCN(S(C)(=O)=O)CC2)C(N)N)C1. The van der Waals surface area contributed by atoms with E-state index in [9.17, 15) is 17.6 Å². The lowest BCUT2D eigenvalue weighted by molar-refractivity contribution is -0.125. The molecule has 3 rings (SSSR count). The molecular formula is C22H42FN7O3S. The monoisotopic (exact) mass is 503 g/mol. The van der Waals surface area contributed by atoms with Crippen molar-refractivity contribution in [1.29, 1.82) is 0 Å². The maximum Gasteiger partial charge on any atom is 0.232 e. The van der Waals surface area contributed by atoms with Crippen molar-refractivity contribution in [1.82, 2.24) is 19.8 Å². The summed E-state index contributed by atoms with van der Waals surface area (Å²) in [7, 11) is -3.21. The highest BCUT2D eigenvalue weighted by Crippen LogP contribution is 2.32. The Kier molecular flexibility index (Phi) is 9.07. The quantitative estimate of drug-likeness (QED) is 0.349. The van der Waals surface area contributed by atoms with E-state index in [-0.39, 0.29) is 30.0 Å². The molecule has 0 aromatic carbocycles. The van der Waals surface area contributed by atoms with Crippen LogP contribution in [0.5, 0.6) is 0 Å². The molecule has 12 heteroatoms. The molecule has 3 aliphatic rings. The van der Waals surface area contributed by atoms with Crippen molar-refractivity contribution in [2.24, 2.45) is 27.8 Å². The molecule has 196 valence electrons. The van der Waals surface area contributed by atoms with Crippen molar-refractivity contribution in [2.75, 3.05) is 52.1 Å². The van der Waals surface area contributed by atoms with Gasteiger partial charge in [0.05, 0.1) is 25.0 Å². The average molecular weight is 504 g/mol. The van der Waals surface area contributed by atoms with Gasteiger partial charge in [-0.1, -0.05) is 13.8 Å². The van der Waals surface area contributed by atoms with Gasteiger partial charge in [0.1, 0.15) is 12.1 Å². The van der Waals surface area contributed by atoms with E-state index in [1.54, 1.807) is 0 Å². The number of halogens is 1. The minimum Gasteiger partial charge on any atom is -0.350 e. The van der Waals surface area contributed by atoms with Crippen LogP contribution in [0.1, 0.15) is 39.5 Å². The van der Waals surface area contributed by atoms with Gasteiger partial charge in [-0.3, -0.25) is 14.7 Å². The van der Waals surface area contributed by atoms with E-state index < -0.39 is 28.3 Å². The number of nitrogens with two attached hydrogens (primary N) is 2. The second-order valence-electron chi connectivity index (χ2n) is 10.7. The van der Waals surface area contributed by atoms with Gasteiger partial charge in [-0.25, -0.2) is 12.8 Å². The molecule has 0 radical (unpaired) electrons. The molecule has 4 unspecified atom stereocenters. The zero-order valence-corrected chi connectivity index (χ0v) is 21.5. The van der Waals surface area contributed by atoms with Crippen molar-refractivity contribution >= 4 is 21.6 Å². The molecule has 10 nitrogen and oxygen atoms in total. The van der Waals surface area contributed by atoms with Crippen LogP contribution in [0, 0.1) is 11.3 Å². The van der Waals surface area contributed by atoms with Crippen molar-refractivity contribution in [3.63, 3.8) is 0 Å². The van der Waals surface area contributed by atoms with Gasteiger partial charge >= 0.3 is 0 Å². The van der Waals surface area contributed by atoms with Gasteiger partial charge in [0.2, 0.25) is 15.9 Å². The summed E-state index contributed by atoms with van der Waals surface area (Å²) in [6.45, 7) is 7.66. The molecule has 6 N–H and O–H groups in total. The molecule has 1 amide bonds. The van der Waals surface area contributed by atoms with E-state index in [0.29, 0.717) is 57.7 Å². The molecule has 2 saturated heterocycles. The summed E-state index contributed by atoms with van der Waals surface area (Å²) >= 11 is 0. The fourth-order valence-electron chi connectivity index (χ4n) is 5.31. The highest BCUT2D eigenvalue weighted by molar-refractivity contribution is 7.88. The van der Waals surface area contributed by atoms with Crippen LogP contribution < -0.4 is 22.1 Å². The fourth-order valence-corrected chi connectivity index (χ4v) is 6.14. The van der Waals surface area contributed by atoms with Crippen LogP contribution in [0.4, 0.5) is 4.39 Å². The number of carbonyl (C=O) groups excluding carboxylic acids is 1. The van der Waals surface area contributed by atoms with E-state index in [2.05, 4.69) is 34.4 Å². The summed E-state index contributed by atoms with van der Waals surface area (Å²) in [5.41, 5.74) is 12.5. The molecule has 34 heavy (non-hydrogen) atoms. The smallest absolute Gasteiger partial charge is 0.232 e. The normalized spacial score (nSPS) is 30.8. The number of nitrogens with zero attached hydrogens (tertiary/aromatic N) is 3. The van der Waals surface area contributed by atoms with Gasteiger partial charge in [0, 0.05) is 44.5 Å². The lowest BCUT2D eigenvalue weighted by Gasteiger charge is -2.44. The molecule has 3 heterocycles. The molecule has 0 aromatic rings. The third-order valence-electron chi connectivity index (χ3n) is 7.30. The topological polar surface area (TPSA) is 146 Å². The van der Waals surface area contributed by atoms with E-state index in [1.807, 2.05) is 0 Å². The summed E-state index contributed by atoms with van der Waals surface area (Å²) in [6.07, 6.45) is 1.79. The molecular weight excluding hydrogens is 461 g/mol. The predicted octanol–water partition coefficient (Wildman–Crippen LogP) is -0.741. The Hall–Kier alpha value is -1.18. The minimum atomic E-state index is -3.21. The van der Waals surface area contributed by atoms with Gasteiger partial charge in [-0.05, 0) is 37.6 Å². The first-order valence-electron chi connectivity index (χ1n) is 12.3. The predicted molar refractivity (Wildman–Crippen MR) is 132 cm³/mol.